The van der Waals surface area contributed by atoms with Crippen molar-refractivity contribution < 1.29 is 0 Å². The summed E-state index contributed by atoms with van der Waals surface area (Å²) in [5.41, 5.74) is 5.39. The molecule has 1 atom stereocenters. The van der Waals surface area contributed by atoms with Gasteiger partial charge in [-0.3, -0.25) is 4.79 Å². The summed E-state index contributed by atoms with van der Waals surface area (Å²) >= 11 is 1.92. The van der Waals surface area contributed by atoms with Crippen LogP contribution in [0.1, 0.15) is 12.5 Å². The van der Waals surface area contributed by atoms with E-state index in [2.05, 4.69) is 4.98 Å². The molecule has 70 valence electrons. The predicted molar refractivity (Wildman–Crippen MR) is 53.9 cm³/mol. The molecular weight excluding hydrogens is 186 g/mol. The van der Waals surface area contributed by atoms with Crippen molar-refractivity contribution in [3.63, 3.8) is 0 Å². The van der Waals surface area contributed by atoms with Gasteiger partial charge in [0.25, 0.3) is 5.56 Å². The second kappa shape index (κ2) is 3.41. The highest BCUT2D eigenvalue weighted by molar-refractivity contribution is 7.99. The van der Waals surface area contributed by atoms with E-state index in [1.54, 1.807) is 12.5 Å². The van der Waals surface area contributed by atoms with Gasteiger partial charge in [0, 0.05) is 18.0 Å². The fourth-order valence-electron chi connectivity index (χ4n) is 1.40. The van der Waals surface area contributed by atoms with E-state index >= 15 is 0 Å². The van der Waals surface area contributed by atoms with E-state index in [9.17, 15) is 4.79 Å². The molecule has 0 radical (unpaired) electrons. The number of hydrogen-bond donors (Lipinski definition) is 1. The van der Waals surface area contributed by atoms with Crippen LogP contribution in [0.5, 0.6) is 0 Å². The zero-order chi connectivity index (χ0) is 9.26. The molecule has 2 rings (SSSR count). The van der Waals surface area contributed by atoms with Crippen LogP contribution in [-0.2, 0) is 0 Å². The first-order valence-corrected chi connectivity index (χ1v) is 5.34. The first-order valence-electron chi connectivity index (χ1n) is 4.18. The van der Waals surface area contributed by atoms with Gasteiger partial charge in [0.2, 0.25) is 0 Å². The van der Waals surface area contributed by atoms with Crippen LogP contribution < -0.4 is 11.3 Å². The Labute approximate surface area is 80.2 Å². The van der Waals surface area contributed by atoms with Crippen LogP contribution in [0.25, 0.3) is 0 Å². The Morgan fingerprint density at radius 1 is 1.69 bits per heavy atom. The van der Waals surface area contributed by atoms with Gasteiger partial charge in [-0.25, -0.2) is 0 Å². The second-order valence-corrected chi connectivity index (χ2v) is 4.25. The van der Waals surface area contributed by atoms with Gasteiger partial charge in [-0.2, -0.15) is 16.7 Å². The Morgan fingerprint density at radius 2 is 2.54 bits per heavy atom. The normalized spacial score (nSPS) is 22.0. The predicted octanol–water partition coefficient (Wildman–Crippen LogP) is 0.504. The number of nitrogen functional groups attached to an aromatic ring is 1. The lowest BCUT2D eigenvalue weighted by Gasteiger charge is -2.12. The van der Waals surface area contributed by atoms with E-state index in [1.165, 1.54) is 5.75 Å². The molecule has 0 bridgehead atoms. The molecule has 1 aromatic rings. The first-order chi connectivity index (χ1) is 6.27. The van der Waals surface area contributed by atoms with Crippen molar-refractivity contribution in [3.05, 3.63) is 22.9 Å². The summed E-state index contributed by atoms with van der Waals surface area (Å²) < 4.78 is 1.94. The van der Waals surface area contributed by atoms with Gasteiger partial charge in [-0.15, -0.1) is 0 Å². The summed E-state index contributed by atoms with van der Waals surface area (Å²) in [5.74, 6) is 2.26. The zero-order valence-corrected chi connectivity index (χ0v) is 7.96. The van der Waals surface area contributed by atoms with Gasteiger partial charge in [0.1, 0.15) is 5.69 Å². The molecule has 0 saturated carbocycles. The molecule has 0 spiro atoms. The minimum absolute atomic E-state index is 0.236. The molecule has 1 aliphatic rings. The van der Waals surface area contributed by atoms with Crippen LogP contribution in [0.4, 0.5) is 5.69 Å². The molecule has 1 aliphatic heterocycles. The van der Waals surface area contributed by atoms with Gasteiger partial charge in [0.15, 0.2) is 0 Å². The Bertz CT molecular complexity index is 357. The maximum absolute atomic E-state index is 10.9. The minimum Gasteiger partial charge on any atom is -0.393 e. The molecule has 1 saturated heterocycles. The zero-order valence-electron chi connectivity index (χ0n) is 7.14. The highest BCUT2D eigenvalue weighted by Crippen LogP contribution is 2.27. The Balaban J connectivity index is 2.30. The summed E-state index contributed by atoms with van der Waals surface area (Å²) in [6.45, 7) is 0. The van der Waals surface area contributed by atoms with Crippen molar-refractivity contribution in [2.75, 3.05) is 17.2 Å². The van der Waals surface area contributed by atoms with Gasteiger partial charge in [-0.1, -0.05) is 0 Å². The fourth-order valence-corrected chi connectivity index (χ4v) is 2.62. The highest BCUT2D eigenvalue weighted by Gasteiger charge is 2.16. The monoisotopic (exact) mass is 197 g/mol. The third-order valence-electron chi connectivity index (χ3n) is 2.17. The molecule has 4 nitrogen and oxygen atoms in total. The van der Waals surface area contributed by atoms with E-state index < -0.39 is 0 Å². The van der Waals surface area contributed by atoms with E-state index in [0.717, 1.165) is 12.2 Å². The summed E-state index contributed by atoms with van der Waals surface area (Å²) in [4.78, 5) is 14.6. The molecule has 2 N–H and O–H groups in total. The number of hydrogen-bond acceptors (Lipinski definition) is 4. The van der Waals surface area contributed by atoms with Crippen LogP contribution in [0.15, 0.2) is 17.3 Å². The smallest absolute Gasteiger partial charge is 0.295 e. The molecule has 0 amide bonds. The summed E-state index contributed by atoms with van der Waals surface area (Å²) in [5, 5.41) is 0. The molecular formula is C8H11N3OS. The van der Waals surface area contributed by atoms with Crippen molar-refractivity contribution in [2.45, 2.75) is 12.5 Å². The van der Waals surface area contributed by atoms with Crippen molar-refractivity contribution in [1.82, 2.24) is 9.55 Å². The van der Waals surface area contributed by atoms with Gasteiger partial charge in [0.05, 0.1) is 6.33 Å². The van der Waals surface area contributed by atoms with Gasteiger partial charge in [-0.05, 0) is 12.2 Å². The van der Waals surface area contributed by atoms with E-state index in [4.69, 9.17) is 5.73 Å². The Hall–Kier alpha value is -0.970. The Morgan fingerprint density at radius 3 is 3.15 bits per heavy atom. The topological polar surface area (TPSA) is 60.9 Å². The highest BCUT2D eigenvalue weighted by atomic mass is 32.2. The quantitative estimate of drug-likeness (QED) is 0.712. The standard InChI is InChI=1S/C8H11N3OS/c9-7-3-11(5-10-8(7)12)6-1-2-13-4-6/h3,5-6H,1-2,4,9H2. The van der Waals surface area contributed by atoms with Crippen LogP contribution in [0.3, 0.4) is 0 Å². The molecule has 1 unspecified atom stereocenters. The average Bonchev–Trinajstić information content (AvgIpc) is 2.62. The molecule has 5 heteroatoms. The van der Waals surface area contributed by atoms with Gasteiger partial charge < -0.3 is 10.3 Å². The third kappa shape index (κ3) is 1.70. The maximum Gasteiger partial charge on any atom is 0.295 e. The SMILES string of the molecule is Nc1cn(C2CCSC2)cnc1=O. The lowest BCUT2D eigenvalue weighted by atomic mass is 10.2. The molecule has 1 aromatic heterocycles. The van der Waals surface area contributed by atoms with Crippen LogP contribution in [0, 0.1) is 0 Å². The summed E-state index contributed by atoms with van der Waals surface area (Å²) in [6, 6.07) is 0.459. The summed E-state index contributed by atoms with van der Waals surface area (Å²) in [6.07, 6.45) is 4.40. The van der Waals surface area contributed by atoms with E-state index in [-0.39, 0.29) is 11.2 Å². The van der Waals surface area contributed by atoms with Crippen LogP contribution in [-0.4, -0.2) is 21.1 Å². The number of nitrogens with two attached hydrogens (primary N) is 1. The van der Waals surface area contributed by atoms with Crippen LogP contribution in [0.2, 0.25) is 0 Å². The lowest BCUT2D eigenvalue weighted by Crippen LogP contribution is -2.18. The summed E-state index contributed by atoms with van der Waals surface area (Å²) in [7, 11) is 0. The lowest BCUT2D eigenvalue weighted by molar-refractivity contribution is 0.548. The number of aromatic nitrogens is 2. The molecule has 1 fully saturated rings. The molecule has 2 heterocycles. The van der Waals surface area contributed by atoms with Crippen molar-refractivity contribution in [1.29, 1.82) is 0 Å². The first kappa shape index (κ1) is 8.62. The van der Waals surface area contributed by atoms with Crippen molar-refractivity contribution >= 4 is 17.4 Å². The number of anilines is 1. The number of rotatable bonds is 1. The Kier molecular flexibility index (Phi) is 2.26. The van der Waals surface area contributed by atoms with Crippen molar-refractivity contribution in [2.24, 2.45) is 0 Å². The largest absolute Gasteiger partial charge is 0.393 e. The molecule has 0 aliphatic carbocycles. The third-order valence-corrected chi connectivity index (χ3v) is 3.32. The second-order valence-electron chi connectivity index (χ2n) is 3.10. The van der Waals surface area contributed by atoms with Crippen LogP contribution >= 0.6 is 11.8 Å². The van der Waals surface area contributed by atoms with E-state index in [1.807, 2.05) is 16.3 Å². The van der Waals surface area contributed by atoms with E-state index in [0.29, 0.717) is 6.04 Å². The maximum atomic E-state index is 10.9. The molecule has 13 heavy (non-hydrogen) atoms. The van der Waals surface area contributed by atoms with Crippen molar-refractivity contribution in [3.8, 4) is 0 Å². The number of thioether (sulfide) groups is 1. The average molecular weight is 197 g/mol. The molecule has 0 aromatic carbocycles. The number of nitrogens with zero attached hydrogens (tertiary/aromatic N) is 2. The fraction of sp³-hybridized carbons (Fsp3) is 0.500. The minimum atomic E-state index is -0.332. The van der Waals surface area contributed by atoms with Gasteiger partial charge >= 0.3 is 0 Å².